The molecule has 0 unspecified atom stereocenters. The fraction of sp³-hybridized carbons (Fsp3) is 0.278. The Hall–Kier alpha value is -2.56. The number of ether oxygens (including phenoxy) is 1. The molecule has 5 heteroatoms. The van der Waals surface area contributed by atoms with Crippen molar-refractivity contribution in [3.63, 3.8) is 0 Å². The minimum atomic E-state index is -0.246. The third-order valence-corrected chi connectivity index (χ3v) is 3.95. The van der Waals surface area contributed by atoms with Crippen LogP contribution in [0.5, 0.6) is 5.75 Å². The molecule has 0 N–H and O–H groups in total. The Labute approximate surface area is 135 Å². The van der Waals surface area contributed by atoms with E-state index in [0.29, 0.717) is 5.56 Å². The van der Waals surface area contributed by atoms with Crippen LogP contribution >= 0.6 is 0 Å². The van der Waals surface area contributed by atoms with Crippen molar-refractivity contribution in [3.8, 4) is 5.75 Å². The number of piperazine rings is 1. The summed E-state index contributed by atoms with van der Waals surface area (Å²) in [5.41, 5.74) is 1.62. The van der Waals surface area contributed by atoms with Crippen LogP contribution in [0.3, 0.4) is 0 Å². The van der Waals surface area contributed by atoms with E-state index in [1.165, 1.54) is 6.07 Å². The average molecular weight is 313 g/mol. The van der Waals surface area contributed by atoms with E-state index in [9.17, 15) is 4.39 Å². The summed E-state index contributed by atoms with van der Waals surface area (Å²) < 4.78 is 19.0. The number of hydrogen-bond donors (Lipinski definition) is 0. The summed E-state index contributed by atoms with van der Waals surface area (Å²) in [6.07, 6.45) is 1.59. The summed E-state index contributed by atoms with van der Waals surface area (Å²) in [7, 11) is 1.69. The Balaban J connectivity index is 1.61. The van der Waals surface area contributed by atoms with Crippen molar-refractivity contribution in [1.82, 2.24) is 5.01 Å². The zero-order chi connectivity index (χ0) is 16.1. The molecule has 23 heavy (non-hydrogen) atoms. The van der Waals surface area contributed by atoms with Gasteiger partial charge in [0.1, 0.15) is 11.6 Å². The number of hydrazone groups is 1. The van der Waals surface area contributed by atoms with Gasteiger partial charge in [0.15, 0.2) is 0 Å². The van der Waals surface area contributed by atoms with Crippen LogP contribution in [0.2, 0.25) is 0 Å². The van der Waals surface area contributed by atoms with E-state index in [-0.39, 0.29) is 5.82 Å². The molecule has 0 bridgehead atoms. The molecule has 1 saturated heterocycles. The minimum Gasteiger partial charge on any atom is -0.495 e. The second kappa shape index (κ2) is 7.13. The Kier molecular flexibility index (Phi) is 4.76. The average Bonchev–Trinajstić information content (AvgIpc) is 2.61. The Morgan fingerprint density at radius 2 is 1.70 bits per heavy atom. The fourth-order valence-electron chi connectivity index (χ4n) is 2.67. The number of nitrogens with zero attached hydrogens (tertiary/aromatic N) is 3. The molecular weight excluding hydrogens is 293 g/mol. The smallest absolute Gasteiger partial charge is 0.142 e. The molecule has 0 aromatic heterocycles. The van der Waals surface area contributed by atoms with Crippen LogP contribution in [0.15, 0.2) is 53.6 Å². The van der Waals surface area contributed by atoms with Crippen molar-refractivity contribution in [1.29, 1.82) is 0 Å². The molecule has 4 nitrogen and oxygen atoms in total. The molecule has 1 heterocycles. The van der Waals surface area contributed by atoms with E-state index in [1.54, 1.807) is 25.5 Å². The van der Waals surface area contributed by atoms with Gasteiger partial charge in [-0.05, 0) is 18.2 Å². The summed E-state index contributed by atoms with van der Waals surface area (Å²) in [5.74, 6) is 0.639. The number of benzene rings is 2. The van der Waals surface area contributed by atoms with E-state index >= 15 is 0 Å². The summed E-state index contributed by atoms with van der Waals surface area (Å²) >= 11 is 0. The van der Waals surface area contributed by atoms with Gasteiger partial charge >= 0.3 is 0 Å². The first kappa shape index (κ1) is 15.3. The fourth-order valence-corrected chi connectivity index (χ4v) is 2.67. The maximum atomic E-state index is 13.6. The predicted molar refractivity (Wildman–Crippen MR) is 90.8 cm³/mol. The first-order valence-corrected chi connectivity index (χ1v) is 7.69. The Morgan fingerprint density at radius 3 is 2.43 bits per heavy atom. The number of para-hydroxylation sites is 2. The summed E-state index contributed by atoms with van der Waals surface area (Å²) in [6.45, 7) is 3.30. The highest BCUT2D eigenvalue weighted by molar-refractivity contribution is 5.79. The van der Waals surface area contributed by atoms with Gasteiger partial charge in [-0.2, -0.15) is 5.10 Å². The van der Waals surface area contributed by atoms with Crippen LogP contribution in [0.1, 0.15) is 5.56 Å². The topological polar surface area (TPSA) is 28.1 Å². The zero-order valence-electron chi connectivity index (χ0n) is 13.2. The molecule has 1 fully saturated rings. The monoisotopic (exact) mass is 313 g/mol. The molecule has 1 aliphatic rings. The van der Waals surface area contributed by atoms with Crippen LogP contribution < -0.4 is 9.64 Å². The molecule has 3 rings (SSSR count). The highest BCUT2D eigenvalue weighted by atomic mass is 19.1. The highest BCUT2D eigenvalue weighted by Crippen LogP contribution is 2.28. The molecule has 2 aromatic rings. The molecular formula is C18H20FN3O. The molecule has 0 amide bonds. The van der Waals surface area contributed by atoms with Crippen LogP contribution in [0.25, 0.3) is 0 Å². The molecule has 1 aliphatic heterocycles. The summed E-state index contributed by atoms with van der Waals surface area (Å²) in [4.78, 5) is 2.29. The van der Waals surface area contributed by atoms with Crippen molar-refractivity contribution in [3.05, 3.63) is 59.9 Å². The molecule has 0 atom stereocenters. The maximum absolute atomic E-state index is 13.6. The Morgan fingerprint density at radius 1 is 1.00 bits per heavy atom. The summed E-state index contributed by atoms with van der Waals surface area (Å²) in [5, 5.41) is 6.37. The van der Waals surface area contributed by atoms with Crippen LogP contribution in [0, 0.1) is 5.82 Å². The minimum absolute atomic E-state index is 0.246. The first-order chi connectivity index (χ1) is 11.3. The van der Waals surface area contributed by atoms with Gasteiger partial charge in [-0.15, -0.1) is 0 Å². The van der Waals surface area contributed by atoms with E-state index in [0.717, 1.165) is 37.6 Å². The lowest BCUT2D eigenvalue weighted by Crippen LogP contribution is -2.44. The standard InChI is InChI=1S/C18H20FN3O/c1-23-18-9-5-4-8-17(18)21-10-12-22(13-11-21)20-14-15-6-2-3-7-16(15)19/h2-9,14H,10-13H2,1H3. The second-order valence-corrected chi connectivity index (χ2v) is 5.38. The van der Waals surface area contributed by atoms with Crippen molar-refractivity contribution in [2.45, 2.75) is 0 Å². The van der Waals surface area contributed by atoms with Gasteiger partial charge in [0.05, 0.1) is 32.1 Å². The lowest BCUT2D eigenvalue weighted by molar-refractivity contribution is 0.271. The zero-order valence-corrected chi connectivity index (χ0v) is 13.2. The van der Waals surface area contributed by atoms with E-state index in [1.807, 2.05) is 29.3 Å². The van der Waals surface area contributed by atoms with E-state index in [4.69, 9.17) is 4.74 Å². The van der Waals surface area contributed by atoms with Gasteiger partial charge in [-0.1, -0.05) is 30.3 Å². The van der Waals surface area contributed by atoms with E-state index < -0.39 is 0 Å². The first-order valence-electron chi connectivity index (χ1n) is 7.69. The van der Waals surface area contributed by atoms with Crippen molar-refractivity contribution < 1.29 is 9.13 Å². The van der Waals surface area contributed by atoms with Crippen LogP contribution in [0.4, 0.5) is 10.1 Å². The lowest BCUT2D eigenvalue weighted by Gasteiger charge is -2.35. The SMILES string of the molecule is COc1ccccc1N1CCN(N=Cc2ccccc2F)CC1. The number of anilines is 1. The van der Waals surface area contributed by atoms with Crippen LogP contribution in [-0.2, 0) is 0 Å². The number of hydrogen-bond acceptors (Lipinski definition) is 4. The quantitative estimate of drug-likeness (QED) is 0.812. The number of rotatable bonds is 4. The van der Waals surface area contributed by atoms with Gasteiger partial charge in [0, 0.05) is 18.7 Å². The van der Waals surface area contributed by atoms with Crippen molar-refractivity contribution >= 4 is 11.9 Å². The van der Waals surface area contributed by atoms with Gasteiger partial charge in [0.2, 0.25) is 0 Å². The van der Waals surface area contributed by atoms with E-state index in [2.05, 4.69) is 16.1 Å². The highest BCUT2D eigenvalue weighted by Gasteiger charge is 2.18. The van der Waals surface area contributed by atoms with Gasteiger partial charge in [0.25, 0.3) is 0 Å². The molecule has 0 spiro atoms. The normalized spacial score (nSPS) is 15.2. The third kappa shape index (κ3) is 3.62. The van der Waals surface area contributed by atoms with Crippen LogP contribution in [-0.4, -0.2) is 44.5 Å². The molecule has 0 saturated carbocycles. The van der Waals surface area contributed by atoms with Crippen molar-refractivity contribution in [2.24, 2.45) is 5.10 Å². The Bertz CT molecular complexity index is 681. The predicted octanol–water partition coefficient (Wildman–Crippen LogP) is 2.99. The molecule has 120 valence electrons. The summed E-state index contributed by atoms with van der Waals surface area (Å²) in [6, 6.07) is 14.7. The number of halogens is 1. The van der Waals surface area contributed by atoms with Gasteiger partial charge in [-0.3, -0.25) is 5.01 Å². The third-order valence-electron chi connectivity index (χ3n) is 3.95. The largest absolute Gasteiger partial charge is 0.495 e. The molecule has 2 aromatic carbocycles. The second-order valence-electron chi connectivity index (χ2n) is 5.38. The van der Waals surface area contributed by atoms with Gasteiger partial charge < -0.3 is 9.64 Å². The number of methoxy groups -OCH3 is 1. The van der Waals surface area contributed by atoms with Crippen molar-refractivity contribution in [2.75, 3.05) is 38.2 Å². The molecule has 0 aliphatic carbocycles. The lowest BCUT2D eigenvalue weighted by atomic mass is 10.2. The molecule has 0 radical (unpaired) electrons. The van der Waals surface area contributed by atoms with Gasteiger partial charge in [-0.25, -0.2) is 4.39 Å². The maximum Gasteiger partial charge on any atom is 0.142 e.